The van der Waals surface area contributed by atoms with Crippen LogP contribution in [-0.2, 0) is 16.0 Å². The van der Waals surface area contributed by atoms with E-state index >= 15 is 0 Å². The zero-order chi connectivity index (χ0) is 17.4. The molecule has 132 valence electrons. The summed E-state index contributed by atoms with van der Waals surface area (Å²) in [4.78, 5) is 25.6. The van der Waals surface area contributed by atoms with Crippen molar-refractivity contribution in [3.63, 3.8) is 0 Å². The summed E-state index contributed by atoms with van der Waals surface area (Å²) >= 11 is 0. The number of carbonyl (C=O) groups excluding carboxylic acids is 2. The Hall–Kier alpha value is -2.08. The molecule has 0 radical (unpaired) electrons. The predicted molar refractivity (Wildman–Crippen MR) is 94.0 cm³/mol. The Balaban J connectivity index is 1.90. The fourth-order valence-electron chi connectivity index (χ4n) is 3.01. The van der Waals surface area contributed by atoms with Gasteiger partial charge in [0.05, 0.1) is 6.61 Å². The van der Waals surface area contributed by atoms with Crippen LogP contribution in [0.1, 0.15) is 24.8 Å². The monoisotopic (exact) mass is 333 g/mol. The third kappa shape index (κ3) is 5.53. The smallest absolute Gasteiger partial charge is 0.321 e. The average molecular weight is 333 g/mol. The first-order valence-electron chi connectivity index (χ1n) is 8.46. The number of aryl methyl sites for hydroxylation is 1. The Morgan fingerprint density at radius 3 is 2.96 bits per heavy atom. The van der Waals surface area contributed by atoms with Crippen LogP contribution in [0.4, 0.5) is 10.5 Å². The zero-order valence-electron chi connectivity index (χ0n) is 14.5. The Bertz CT molecular complexity index is 560. The Kier molecular flexibility index (Phi) is 7.06. The van der Waals surface area contributed by atoms with Crippen LogP contribution < -0.4 is 10.6 Å². The van der Waals surface area contributed by atoms with Crippen LogP contribution in [0.3, 0.4) is 0 Å². The molecule has 0 unspecified atom stereocenters. The van der Waals surface area contributed by atoms with Crippen molar-refractivity contribution >= 4 is 17.6 Å². The summed E-state index contributed by atoms with van der Waals surface area (Å²) in [6.07, 6.45) is 3.21. The van der Waals surface area contributed by atoms with Crippen molar-refractivity contribution < 1.29 is 14.3 Å². The van der Waals surface area contributed by atoms with Crippen molar-refractivity contribution in [1.29, 1.82) is 0 Å². The number of piperidine rings is 1. The van der Waals surface area contributed by atoms with Crippen molar-refractivity contribution in [2.75, 3.05) is 39.2 Å². The largest absolute Gasteiger partial charge is 0.384 e. The van der Waals surface area contributed by atoms with Crippen molar-refractivity contribution in [1.82, 2.24) is 10.2 Å². The molecule has 1 aromatic rings. The SMILES string of the molecule is CNC(=O)CCc1cccc(NC(=O)N2CCC[C@@H](COC)C2)c1. The molecule has 1 fully saturated rings. The third-order valence-electron chi connectivity index (χ3n) is 4.31. The summed E-state index contributed by atoms with van der Waals surface area (Å²) in [7, 11) is 3.33. The minimum Gasteiger partial charge on any atom is -0.384 e. The van der Waals surface area contributed by atoms with Gasteiger partial charge in [0, 0.05) is 45.3 Å². The summed E-state index contributed by atoms with van der Waals surface area (Å²) in [6.45, 7) is 2.21. The van der Waals surface area contributed by atoms with Gasteiger partial charge in [-0.15, -0.1) is 0 Å². The molecule has 1 atom stereocenters. The van der Waals surface area contributed by atoms with Crippen molar-refractivity contribution in [3.05, 3.63) is 29.8 Å². The second kappa shape index (κ2) is 9.27. The van der Waals surface area contributed by atoms with Crippen molar-refractivity contribution in [3.8, 4) is 0 Å². The number of carbonyl (C=O) groups is 2. The number of methoxy groups -OCH3 is 1. The molecule has 24 heavy (non-hydrogen) atoms. The normalized spacial score (nSPS) is 17.4. The van der Waals surface area contributed by atoms with Gasteiger partial charge in [0.15, 0.2) is 0 Å². The van der Waals surface area contributed by atoms with E-state index in [-0.39, 0.29) is 11.9 Å². The second-order valence-electron chi connectivity index (χ2n) is 6.21. The third-order valence-corrected chi connectivity index (χ3v) is 4.31. The number of rotatable bonds is 6. The first-order chi connectivity index (χ1) is 11.6. The molecular formula is C18H27N3O3. The molecule has 2 N–H and O–H groups in total. The highest BCUT2D eigenvalue weighted by Gasteiger charge is 2.23. The molecule has 6 heteroatoms. The van der Waals surface area contributed by atoms with E-state index in [0.29, 0.717) is 25.4 Å². The summed E-state index contributed by atoms with van der Waals surface area (Å²) in [5.74, 6) is 0.426. The van der Waals surface area contributed by atoms with E-state index in [1.54, 1.807) is 14.2 Å². The fraction of sp³-hybridized carbons (Fsp3) is 0.556. The van der Waals surface area contributed by atoms with Crippen molar-refractivity contribution in [2.24, 2.45) is 5.92 Å². The molecule has 1 saturated heterocycles. The number of anilines is 1. The molecule has 1 aliphatic heterocycles. The van der Waals surface area contributed by atoms with Crippen molar-refractivity contribution in [2.45, 2.75) is 25.7 Å². The number of hydrogen-bond donors (Lipinski definition) is 2. The number of amides is 3. The van der Waals surface area contributed by atoms with E-state index in [0.717, 1.165) is 37.2 Å². The molecule has 0 spiro atoms. The number of benzene rings is 1. The Labute approximate surface area is 143 Å². The summed E-state index contributed by atoms with van der Waals surface area (Å²) in [6, 6.07) is 7.60. The molecule has 2 rings (SSSR count). The molecule has 1 aliphatic rings. The lowest BCUT2D eigenvalue weighted by molar-refractivity contribution is -0.120. The van der Waals surface area contributed by atoms with Crippen LogP contribution in [0.5, 0.6) is 0 Å². The number of ether oxygens (including phenoxy) is 1. The van der Waals surface area contributed by atoms with Gasteiger partial charge in [-0.1, -0.05) is 12.1 Å². The summed E-state index contributed by atoms with van der Waals surface area (Å²) < 4.78 is 5.21. The summed E-state index contributed by atoms with van der Waals surface area (Å²) in [5, 5.41) is 5.58. The zero-order valence-corrected chi connectivity index (χ0v) is 14.5. The number of hydrogen-bond acceptors (Lipinski definition) is 3. The highest BCUT2D eigenvalue weighted by Crippen LogP contribution is 2.19. The maximum atomic E-state index is 12.5. The quantitative estimate of drug-likeness (QED) is 0.839. The van der Waals surface area contributed by atoms with Crippen LogP contribution in [0.25, 0.3) is 0 Å². The van der Waals surface area contributed by atoms with E-state index in [9.17, 15) is 9.59 Å². The van der Waals surface area contributed by atoms with E-state index in [2.05, 4.69) is 10.6 Å². The van der Waals surface area contributed by atoms with Gasteiger partial charge in [-0.2, -0.15) is 0 Å². The number of likely N-dealkylation sites (tertiary alicyclic amines) is 1. The molecule has 1 heterocycles. The van der Waals surface area contributed by atoms with Gasteiger partial charge in [-0.25, -0.2) is 4.79 Å². The van der Waals surface area contributed by atoms with Crippen LogP contribution in [0, 0.1) is 5.92 Å². The van der Waals surface area contributed by atoms with E-state index in [4.69, 9.17) is 4.74 Å². The molecular weight excluding hydrogens is 306 g/mol. The van der Waals surface area contributed by atoms with E-state index in [1.165, 1.54) is 0 Å². The summed E-state index contributed by atoms with van der Waals surface area (Å²) in [5.41, 5.74) is 1.80. The fourth-order valence-corrected chi connectivity index (χ4v) is 3.01. The maximum Gasteiger partial charge on any atom is 0.321 e. The van der Waals surface area contributed by atoms with Gasteiger partial charge < -0.3 is 20.3 Å². The number of nitrogens with one attached hydrogen (secondary N) is 2. The lowest BCUT2D eigenvalue weighted by Gasteiger charge is -2.32. The molecule has 0 aliphatic carbocycles. The van der Waals surface area contributed by atoms with Gasteiger partial charge in [0.2, 0.25) is 5.91 Å². The number of urea groups is 1. The van der Waals surface area contributed by atoms with Gasteiger partial charge in [0.25, 0.3) is 0 Å². The Morgan fingerprint density at radius 2 is 2.21 bits per heavy atom. The lowest BCUT2D eigenvalue weighted by Crippen LogP contribution is -2.43. The second-order valence-corrected chi connectivity index (χ2v) is 6.21. The molecule has 3 amide bonds. The average Bonchev–Trinajstić information content (AvgIpc) is 2.60. The molecule has 0 saturated carbocycles. The molecule has 6 nitrogen and oxygen atoms in total. The molecule has 0 bridgehead atoms. The number of nitrogens with zero attached hydrogens (tertiary/aromatic N) is 1. The first-order valence-corrected chi connectivity index (χ1v) is 8.46. The van der Waals surface area contributed by atoms with E-state index < -0.39 is 0 Å². The Morgan fingerprint density at radius 1 is 1.38 bits per heavy atom. The lowest BCUT2D eigenvalue weighted by atomic mass is 9.99. The topological polar surface area (TPSA) is 70.7 Å². The van der Waals surface area contributed by atoms with Crippen LogP contribution in [-0.4, -0.2) is 50.7 Å². The van der Waals surface area contributed by atoms with Gasteiger partial charge >= 0.3 is 6.03 Å². The van der Waals surface area contributed by atoms with E-state index in [1.807, 2.05) is 29.2 Å². The highest BCUT2D eigenvalue weighted by molar-refractivity contribution is 5.89. The van der Waals surface area contributed by atoms with Gasteiger partial charge in [-0.3, -0.25) is 4.79 Å². The van der Waals surface area contributed by atoms with Crippen LogP contribution in [0.15, 0.2) is 24.3 Å². The predicted octanol–water partition coefficient (Wildman–Crippen LogP) is 2.26. The first kappa shape index (κ1) is 18.3. The van der Waals surface area contributed by atoms with Crippen LogP contribution >= 0.6 is 0 Å². The highest BCUT2D eigenvalue weighted by atomic mass is 16.5. The molecule has 1 aromatic carbocycles. The minimum absolute atomic E-state index is 0.0157. The van der Waals surface area contributed by atoms with Gasteiger partial charge in [0.1, 0.15) is 0 Å². The standard InChI is InChI=1S/C18H27N3O3/c1-19-17(22)9-8-14-5-3-7-16(11-14)20-18(23)21-10-4-6-15(12-21)13-24-2/h3,5,7,11,15H,4,6,8-10,12-13H2,1-2H3,(H,19,22)(H,20,23)/t15-/m1/s1. The molecule has 0 aromatic heterocycles. The van der Waals surface area contributed by atoms with Gasteiger partial charge in [-0.05, 0) is 37.0 Å². The minimum atomic E-state index is -0.0701. The maximum absolute atomic E-state index is 12.5. The van der Waals surface area contributed by atoms with Crippen LogP contribution in [0.2, 0.25) is 0 Å².